The zero-order chi connectivity index (χ0) is 23.0. The highest BCUT2D eigenvalue weighted by Gasteiger charge is 2.23. The number of fused-ring (bicyclic) bond motifs is 1. The van der Waals surface area contributed by atoms with Crippen LogP contribution in [0.1, 0.15) is 25.8 Å². The van der Waals surface area contributed by atoms with Gasteiger partial charge in [-0.2, -0.15) is 5.26 Å². The fourth-order valence-electron chi connectivity index (χ4n) is 3.59. The summed E-state index contributed by atoms with van der Waals surface area (Å²) in [5.74, 6) is 0.620. The molecule has 1 aromatic carbocycles. The smallest absolute Gasteiger partial charge is 0.329 e. The first kappa shape index (κ1) is 22.6. The fraction of sp³-hybridized carbons (Fsp3) is 0.409. The Labute approximate surface area is 195 Å². The van der Waals surface area contributed by atoms with Crippen molar-refractivity contribution in [1.82, 2.24) is 14.1 Å². The molecule has 0 unspecified atom stereocenters. The second kappa shape index (κ2) is 8.75. The van der Waals surface area contributed by atoms with Crippen LogP contribution < -0.4 is 11.0 Å². The van der Waals surface area contributed by atoms with Gasteiger partial charge in [-0.3, -0.25) is 9.13 Å². The SMILES string of the molecule is CC(C)(O)CCn1c(=O)n(CC2COC2)c2ccc(Nc3nc(Cl)c(C#N)cc3Cl)cc21. The summed E-state index contributed by atoms with van der Waals surface area (Å²) in [5.41, 5.74) is 1.37. The number of aromatic nitrogens is 3. The Morgan fingerprint density at radius 1 is 1.28 bits per heavy atom. The van der Waals surface area contributed by atoms with Crippen LogP contribution in [0.4, 0.5) is 11.5 Å². The van der Waals surface area contributed by atoms with Gasteiger partial charge in [0.05, 0.1) is 40.4 Å². The van der Waals surface area contributed by atoms with Crippen LogP contribution in [-0.2, 0) is 17.8 Å². The third-order valence-corrected chi connectivity index (χ3v) is 6.00. The van der Waals surface area contributed by atoms with E-state index in [4.69, 9.17) is 33.2 Å². The topological polar surface area (TPSA) is 105 Å². The van der Waals surface area contributed by atoms with Gasteiger partial charge in [0, 0.05) is 24.7 Å². The van der Waals surface area contributed by atoms with E-state index in [0.29, 0.717) is 50.1 Å². The summed E-state index contributed by atoms with van der Waals surface area (Å²) >= 11 is 12.3. The molecule has 0 amide bonds. The first-order valence-electron chi connectivity index (χ1n) is 10.2. The summed E-state index contributed by atoms with van der Waals surface area (Å²) < 4.78 is 8.71. The molecule has 1 aliphatic heterocycles. The van der Waals surface area contributed by atoms with Gasteiger partial charge in [0.15, 0.2) is 5.82 Å². The molecular weight excluding hydrogens is 453 g/mol. The number of nitriles is 1. The highest BCUT2D eigenvalue weighted by atomic mass is 35.5. The Hall–Kier alpha value is -2.57. The van der Waals surface area contributed by atoms with Gasteiger partial charge < -0.3 is 15.2 Å². The number of nitrogens with one attached hydrogen (secondary N) is 1. The van der Waals surface area contributed by atoms with E-state index in [1.807, 2.05) is 24.3 Å². The van der Waals surface area contributed by atoms with Crippen molar-refractivity contribution in [3.8, 4) is 6.07 Å². The van der Waals surface area contributed by atoms with Crippen LogP contribution in [0, 0.1) is 17.2 Å². The lowest BCUT2D eigenvalue weighted by Crippen LogP contribution is -2.36. The van der Waals surface area contributed by atoms with Crippen molar-refractivity contribution >= 4 is 45.7 Å². The van der Waals surface area contributed by atoms with Gasteiger partial charge in [-0.25, -0.2) is 9.78 Å². The van der Waals surface area contributed by atoms with E-state index in [1.165, 1.54) is 6.07 Å². The van der Waals surface area contributed by atoms with E-state index in [2.05, 4.69) is 10.3 Å². The highest BCUT2D eigenvalue weighted by molar-refractivity contribution is 6.35. The van der Waals surface area contributed by atoms with Gasteiger partial charge >= 0.3 is 5.69 Å². The molecule has 0 spiro atoms. The Morgan fingerprint density at radius 2 is 2.03 bits per heavy atom. The molecule has 4 rings (SSSR count). The van der Waals surface area contributed by atoms with Crippen LogP contribution in [-0.4, -0.2) is 38.0 Å². The monoisotopic (exact) mass is 475 g/mol. The molecule has 1 saturated heterocycles. The van der Waals surface area contributed by atoms with E-state index in [0.717, 1.165) is 11.0 Å². The van der Waals surface area contributed by atoms with Crippen molar-refractivity contribution in [2.45, 2.75) is 39.0 Å². The fourth-order valence-corrected chi connectivity index (χ4v) is 3.97. The number of aryl methyl sites for hydroxylation is 1. The maximum absolute atomic E-state index is 13.2. The standard InChI is InChI=1S/C22H23Cl2N5O3/c1-22(2,31)5-6-28-18-8-15(26-20-16(23)7-14(9-25)19(24)27-20)3-4-17(18)29(21(28)30)10-13-11-32-12-13/h3-4,7-8,13,31H,5-6,10-12H2,1-2H3,(H,26,27). The van der Waals surface area contributed by atoms with Gasteiger partial charge in [-0.15, -0.1) is 0 Å². The maximum Gasteiger partial charge on any atom is 0.329 e. The molecular formula is C22H23Cl2N5O3. The number of ether oxygens (including phenoxy) is 1. The Kier molecular flexibility index (Phi) is 6.19. The molecule has 0 radical (unpaired) electrons. The molecule has 0 bridgehead atoms. The van der Waals surface area contributed by atoms with Crippen molar-refractivity contribution in [2.75, 3.05) is 18.5 Å². The van der Waals surface area contributed by atoms with Crippen LogP contribution >= 0.6 is 23.2 Å². The van der Waals surface area contributed by atoms with Crippen LogP contribution in [0.5, 0.6) is 0 Å². The average molecular weight is 476 g/mol. The number of benzene rings is 1. The summed E-state index contributed by atoms with van der Waals surface area (Å²) in [4.78, 5) is 17.4. The lowest BCUT2D eigenvalue weighted by atomic mass is 10.1. The lowest BCUT2D eigenvalue weighted by Gasteiger charge is -2.26. The second-order valence-corrected chi connectivity index (χ2v) is 9.37. The van der Waals surface area contributed by atoms with E-state index in [9.17, 15) is 9.90 Å². The number of aliphatic hydroxyl groups is 1. The Bertz CT molecular complexity index is 1270. The largest absolute Gasteiger partial charge is 0.390 e. The predicted octanol–water partition coefficient (Wildman–Crippen LogP) is 3.93. The molecule has 8 nitrogen and oxygen atoms in total. The van der Waals surface area contributed by atoms with Gasteiger partial charge in [-0.05, 0) is 44.5 Å². The normalized spacial score (nSPS) is 14.4. The molecule has 3 aromatic rings. The zero-order valence-electron chi connectivity index (χ0n) is 17.7. The lowest BCUT2D eigenvalue weighted by molar-refractivity contribution is -0.0393. The van der Waals surface area contributed by atoms with Crippen molar-refractivity contribution in [3.05, 3.63) is 50.5 Å². The first-order chi connectivity index (χ1) is 15.2. The van der Waals surface area contributed by atoms with Crippen LogP contribution in [0.3, 0.4) is 0 Å². The minimum absolute atomic E-state index is 0.0523. The molecule has 0 saturated carbocycles. The summed E-state index contributed by atoms with van der Waals surface area (Å²) in [6.45, 7) is 5.68. The molecule has 32 heavy (non-hydrogen) atoms. The van der Waals surface area contributed by atoms with E-state index < -0.39 is 5.60 Å². The second-order valence-electron chi connectivity index (χ2n) is 8.61. The summed E-state index contributed by atoms with van der Waals surface area (Å²) in [6.07, 6.45) is 0.425. The average Bonchev–Trinajstić information content (AvgIpc) is 2.95. The Balaban J connectivity index is 1.74. The minimum Gasteiger partial charge on any atom is -0.390 e. The molecule has 0 aliphatic carbocycles. The molecule has 1 fully saturated rings. The molecule has 2 N–H and O–H groups in total. The molecule has 168 valence electrons. The number of hydrogen-bond donors (Lipinski definition) is 2. The Morgan fingerprint density at radius 3 is 2.66 bits per heavy atom. The van der Waals surface area contributed by atoms with Crippen LogP contribution in [0.2, 0.25) is 10.2 Å². The van der Waals surface area contributed by atoms with Crippen LogP contribution in [0.25, 0.3) is 11.0 Å². The summed E-state index contributed by atoms with van der Waals surface area (Å²) in [6, 6.07) is 8.95. The van der Waals surface area contributed by atoms with Crippen molar-refractivity contribution in [2.24, 2.45) is 5.92 Å². The van der Waals surface area contributed by atoms with Crippen molar-refractivity contribution < 1.29 is 9.84 Å². The molecule has 1 aliphatic rings. The van der Waals surface area contributed by atoms with E-state index in [1.54, 1.807) is 23.0 Å². The third kappa shape index (κ3) is 4.62. The molecule has 2 aromatic heterocycles. The summed E-state index contributed by atoms with van der Waals surface area (Å²) in [5, 5.41) is 22.7. The number of anilines is 2. The molecule has 3 heterocycles. The number of imidazole rings is 1. The van der Waals surface area contributed by atoms with Gasteiger partial charge in [0.2, 0.25) is 0 Å². The first-order valence-corrected chi connectivity index (χ1v) is 11.0. The minimum atomic E-state index is -0.901. The number of rotatable bonds is 7. The third-order valence-electron chi connectivity index (χ3n) is 5.43. The highest BCUT2D eigenvalue weighted by Crippen LogP contribution is 2.29. The van der Waals surface area contributed by atoms with Gasteiger partial charge in [0.1, 0.15) is 11.2 Å². The maximum atomic E-state index is 13.2. The summed E-state index contributed by atoms with van der Waals surface area (Å²) in [7, 11) is 0. The van der Waals surface area contributed by atoms with Crippen molar-refractivity contribution in [1.29, 1.82) is 5.26 Å². The van der Waals surface area contributed by atoms with Gasteiger partial charge in [-0.1, -0.05) is 23.2 Å². The number of pyridine rings is 1. The zero-order valence-corrected chi connectivity index (χ0v) is 19.2. The van der Waals surface area contributed by atoms with Crippen LogP contribution in [0.15, 0.2) is 29.1 Å². The van der Waals surface area contributed by atoms with Gasteiger partial charge in [0.25, 0.3) is 0 Å². The molecule has 0 atom stereocenters. The van der Waals surface area contributed by atoms with Crippen molar-refractivity contribution in [3.63, 3.8) is 0 Å². The van der Waals surface area contributed by atoms with E-state index >= 15 is 0 Å². The molecule has 10 heteroatoms. The number of halogens is 2. The predicted molar refractivity (Wildman–Crippen MR) is 124 cm³/mol. The van der Waals surface area contributed by atoms with E-state index in [-0.39, 0.29) is 21.4 Å². The number of nitrogens with zero attached hydrogens (tertiary/aromatic N) is 4. The quantitative estimate of drug-likeness (QED) is 0.501. The number of hydrogen-bond acceptors (Lipinski definition) is 6.